The Kier molecular flexibility index (Phi) is 2.81. The smallest absolute Gasteiger partial charge is 0.142 e. The second kappa shape index (κ2) is 4.26. The van der Waals surface area contributed by atoms with Crippen molar-refractivity contribution in [3.8, 4) is 0 Å². The number of nitrogen functional groups attached to an aromatic ring is 1. The van der Waals surface area contributed by atoms with Gasteiger partial charge in [0.1, 0.15) is 5.82 Å². The topological polar surface area (TPSA) is 57.9 Å². The summed E-state index contributed by atoms with van der Waals surface area (Å²) in [5, 5.41) is 6.64. The maximum absolute atomic E-state index is 5.77. The van der Waals surface area contributed by atoms with Crippen LogP contribution < -0.4 is 10.6 Å². The van der Waals surface area contributed by atoms with E-state index in [-0.39, 0.29) is 0 Å². The molecule has 2 aromatic rings. The van der Waals surface area contributed by atoms with Gasteiger partial charge in [-0.3, -0.25) is 5.10 Å². The average Bonchev–Trinajstić information content (AvgIpc) is 2.64. The van der Waals surface area contributed by atoms with Gasteiger partial charge in [0.2, 0.25) is 0 Å². The lowest BCUT2D eigenvalue weighted by atomic mass is 10.1. The number of aromatic nitrogens is 2. The molecule has 0 aliphatic heterocycles. The summed E-state index contributed by atoms with van der Waals surface area (Å²) < 4.78 is 0. The maximum Gasteiger partial charge on any atom is 0.142 e. The molecule has 0 saturated heterocycles. The molecular formula is C12H16N4. The fraction of sp³-hybridized carbons (Fsp3) is 0.250. The second-order valence-corrected chi connectivity index (χ2v) is 4.01. The Morgan fingerprint density at radius 1 is 1.44 bits per heavy atom. The summed E-state index contributed by atoms with van der Waals surface area (Å²) in [7, 11) is 2.00. The van der Waals surface area contributed by atoms with E-state index in [2.05, 4.69) is 46.3 Å². The summed E-state index contributed by atoms with van der Waals surface area (Å²) in [4.78, 5) is 2.08. The van der Waals surface area contributed by atoms with Crippen LogP contribution in [0.1, 0.15) is 11.1 Å². The predicted molar refractivity (Wildman–Crippen MR) is 66.3 cm³/mol. The Balaban J connectivity index is 2.14. The van der Waals surface area contributed by atoms with Crippen LogP contribution in [0.3, 0.4) is 0 Å². The average molecular weight is 216 g/mol. The van der Waals surface area contributed by atoms with Gasteiger partial charge in [0.15, 0.2) is 0 Å². The first-order valence-electron chi connectivity index (χ1n) is 5.22. The van der Waals surface area contributed by atoms with Crippen LogP contribution in [0.5, 0.6) is 0 Å². The van der Waals surface area contributed by atoms with Crippen LogP contribution in [-0.2, 0) is 6.54 Å². The Morgan fingerprint density at radius 3 is 2.88 bits per heavy atom. The van der Waals surface area contributed by atoms with Crippen molar-refractivity contribution in [3.63, 3.8) is 0 Å². The Labute approximate surface area is 95.1 Å². The molecule has 4 heteroatoms. The van der Waals surface area contributed by atoms with Crippen molar-refractivity contribution in [1.82, 2.24) is 10.2 Å². The van der Waals surface area contributed by atoms with Crippen molar-refractivity contribution in [2.45, 2.75) is 13.5 Å². The molecule has 1 aromatic carbocycles. The summed E-state index contributed by atoms with van der Waals surface area (Å²) in [5.74, 6) is 0.607. The van der Waals surface area contributed by atoms with Gasteiger partial charge < -0.3 is 10.6 Å². The summed E-state index contributed by atoms with van der Waals surface area (Å²) in [6, 6.07) is 8.44. The van der Waals surface area contributed by atoms with E-state index in [0.29, 0.717) is 5.82 Å². The lowest BCUT2D eigenvalue weighted by Gasteiger charge is -2.18. The zero-order valence-electron chi connectivity index (χ0n) is 9.57. The van der Waals surface area contributed by atoms with E-state index in [9.17, 15) is 0 Å². The molecule has 0 radical (unpaired) electrons. The zero-order valence-corrected chi connectivity index (χ0v) is 9.57. The van der Waals surface area contributed by atoms with Crippen molar-refractivity contribution in [1.29, 1.82) is 0 Å². The monoisotopic (exact) mass is 216 g/mol. The normalized spacial score (nSPS) is 10.4. The molecule has 0 saturated carbocycles. The summed E-state index contributed by atoms with van der Waals surface area (Å²) in [5.41, 5.74) is 9.23. The van der Waals surface area contributed by atoms with Gasteiger partial charge in [0.25, 0.3) is 0 Å². The first kappa shape index (κ1) is 10.5. The molecule has 3 N–H and O–H groups in total. The van der Waals surface area contributed by atoms with Crippen LogP contribution in [0, 0.1) is 6.92 Å². The number of nitrogens with one attached hydrogen (secondary N) is 1. The predicted octanol–water partition coefficient (Wildman–Crippen LogP) is 1.94. The van der Waals surface area contributed by atoms with Gasteiger partial charge in [-0.2, -0.15) is 5.10 Å². The van der Waals surface area contributed by atoms with Crippen molar-refractivity contribution in [2.75, 3.05) is 17.7 Å². The summed E-state index contributed by atoms with van der Waals surface area (Å²) in [6.45, 7) is 2.92. The van der Waals surface area contributed by atoms with E-state index in [1.165, 1.54) is 11.1 Å². The van der Waals surface area contributed by atoms with E-state index in [1.807, 2.05) is 7.05 Å². The lowest BCUT2D eigenvalue weighted by Crippen LogP contribution is -2.17. The number of anilines is 2. The highest BCUT2D eigenvalue weighted by Gasteiger charge is 2.07. The van der Waals surface area contributed by atoms with Crippen molar-refractivity contribution in [3.05, 3.63) is 41.6 Å². The summed E-state index contributed by atoms with van der Waals surface area (Å²) in [6.07, 6.45) is 1.74. The molecule has 0 fully saturated rings. The van der Waals surface area contributed by atoms with Crippen LogP contribution in [0.4, 0.5) is 11.5 Å². The maximum atomic E-state index is 5.77. The van der Waals surface area contributed by atoms with Gasteiger partial charge in [-0.15, -0.1) is 0 Å². The lowest BCUT2D eigenvalue weighted by molar-refractivity contribution is 0.924. The highest BCUT2D eigenvalue weighted by atomic mass is 15.2. The highest BCUT2D eigenvalue weighted by molar-refractivity contribution is 5.61. The molecule has 2 rings (SSSR count). The molecule has 4 nitrogen and oxygen atoms in total. The minimum Gasteiger partial charge on any atom is -0.382 e. The van der Waals surface area contributed by atoms with Gasteiger partial charge >= 0.3 is 0 Å². The second-order valence-electron chi connectivity index (χ2n) is 4.01. The third-order valence-corrected chi connectivity index (χ3v) is 2.56. The van der Waals surface area contributed by atoms with Gasteiger partial charge in [0, 0.05) is 13.6 Å². The number of nitrogens with two attached hydrogens (primary N) is 1. The molecular weight excluding hydrogens is 200 g/mol. The minimum absolute atomic E-state index is 0.607. The first-order chi connectivity index (χ1) is 7.66. The zero-order chi connectivity index (χ0) is 11.5. The number of nitrogens with zero attached hydrogens (tertiary/aromatic N) is 2. The van der Waals surface area contributed by atoms with Crippen LogP contribution >= 0.6 is 0 Å². The Morgan fingerprint density at radius 2 is 2.25 bits per heavy atom. The molecule has 0 aliphatic carbocycles. The molecule has 0 amide bonds. The number of aromatic amines is 1. The number of hydrogen-bond donors (Lipinski definition) is 2. The van der Waals surface area contributed by atoms with E-state index in [4.69, 9.17) is 5.73 Å². The fourth-order valence-corrected chi connectivity index (χ4v) is 1.76. The van der Waals surface area contributed by atoms with E-state index >= 15 is 0 Å². The van der Waals surface area contributed by atoms with Crippen LogP contribution in [0.15, 0.2) is 30.5 Å². The number of benzene rings is 1. The minimum atomic E-state index is 0.607. The molecule has 0 atom stereocenters. The Bertz CT molecular complexity index is 475. The quantitative estimate of drug-likeness (QED) is 0.824. The third kappa shape index (κ3) is 2.16. The number of rotatable bonds is 3. The van der Waals surface area contributed by atoms with E-state index in [1.54, 1.807) is 6.20 Å². The highest BCUT2D eigenvalue weighted by Crippen LogP contribution is 2.20. The number of aryl methyl sites for hydroxylation is 1. The molecule has 1 aromatic heterocycles. The van der Waals surface area contributed by atoms with Crippen LogP contribution in [0.25, 0.3) is 0 Å². The fourth-order valence-electron chi connectivity index (χ4n) is 1.76. The standard InChI is InChI=1S/C12H16N4/c1-9-4-3-5-10(6-9)8-16(2)11-7-14-15-12(11)13/h3-7H,8H2,1-2H3,(H3,13,14,15). The number of hydrogen-bond acceptors (Lipinski definition) is 3. The van der Waals surface area contributed by atoms with Gasteiger partial charge in [-0.1, -0.05) is 29.8 Å². The Hall–Kier alpha value is -1.97. The third-order valence-electron chi connectivity index (χ3n) is 2.56. The molecule has 0 aliphatic rings. The van der Waals surface area contributed by atoms with E-state index < -0.39 is 0 Å². The van der Waals surface area contributed by atoms with Crippen molar-refractivity contribution >= 4 is 11.5 Å². The molecule has 16 heavy (non-hydrogen) atoms. The van der Waals surface area contributed by atoms with Crippen molar-refractivity contribution < 1.29 is 0 Å². The summed E-state index contributed by atoms with van der Waals surface area (Å²) >= 11 is 0. The molecule has 84 valence electrons. The molecule has 0 unspecified atom stereocenters. The molecule has 0 bridgehead atoms. The van der Waals surface area contributed by atoms with Crippen LogP contribution in [-0.4, -0.2) is 17.2 Å². The van der Waals surface area contributed by atoms with Gasteiger partial charge in [0.05, 0.1) is 11.9 Å². The first-order valence-corrected chi connectivity index (χ1v) is 5.22. The van der Waals surface area contributed by atoms with Gasteiger partial charge in [-0.25, -0.2) is 0 Å². The largest absolute Gasteiger partial charge is 0.382 e. The molecule has 1 heterocycles. The van der Waals surface area contributed by atoms with Gasteiger partial charge in [-0.05, 0) is 12.5 Å². The van der Waals surface area contributed by atoms with Crippen molar-refractivity contribution in [2.24, 2.45) is 0 Å². The number of H-pyrrole nitrogens is 1. The molecule has 0 spiro atoms. The SMILES string of the molecule is Cc1cccc(CN(C)c2cn[nH]c2N)c1. The van der Waals surface area contributed by atoms with E-state index in [0.717, 1.165) is 12.2 Å². The van der Waals surface area contributed by atoms with Crippen LogP contribution in [0.2, 0.25) is 0 Å².